The largest absolute Gasteiger partial charge is 0.493 e. The Balaban J connectivity index is 0.00000176. The number of ether oxygens (including phenoxy) is 1. The van der Waals surface area contributed by atoms with Crippen molar-refractivity contribution < 1.29 is 19.0 Å². The highest BCUT2D eigenvalue weighted by molar-refractivity contribution is 6.33. The van der Waals surface area contributed by atoms with Crippen LogP contribution in [0.3, 0.4) is 0 Å². The number of carbonyl (C=O) groups is 1. The van der Waals surface area contributed by atoms with Crippen LogP contribution < -0.4 is 15.8 Å². The summed E-state index contributed by atoms with van der Waals surface area (Å²) in [5, 5.41) is 12.2. The van der Waals surface area contributed by atoms with Gasteiger partial charge < -0.3 is 20.9 Å². The lowest BCUT2D eigenvalue weighted by Crippen LogP contribution is -2.16. The molecule has 148 valence electrons. The Morgan fingerprint density at radius 1 is 1.22 bits per heavy atom. The molecule has 0 bridgehead atoms. The number of aliphatic hydroxyl groups is 1. The molecular formula is C20H26ClFN2O3. The molecule has 7 heteroatoms. The van der Waals surface area contributed by atoms with Gasteiger partial charge in [-0.2, -0.15) is 0 Å². The molecule has 1 amide bonds. The second-order valence-corrected chi connectivity index (χ2v) is 5.99. The van der Waals surface area contributed by atoms with Gasteiger partial charge in [0.05, 0.1) is 23.0 Å². The monoisotopic (exact) mass is 396 g/mol. The zero-order valence-corrected chi connectivity index (χ0v) is 16.6. The van der Waals surface area contributed by atoms with E-state index in [2.05, 4.69) is 5.32 Å². The smallest absolute Gasteiger partial charge is 0.254 e. The molecule has 2 aromatic rings. The summed E-state index contributed by atoms with van der Waals surface area (Å²) >= 11 is 6.18. The topological polar surface area (TPSA) is 84.6 Å². The second-order valence-electron chi connectivity index (χ2n) is 5.58. The lowest BCUT2D eigenvalue weighted by Gasteiger charge is -2.16. The van der Waals surface area contributed by atoms with Crippen LogP contribution in [0.4, 0.5) is 15.8 Å². The predicted octanol–water partition coefficient (Wildman–Crippen LogP) is 4.81. The zero-order chi connectivity index (χ0) is 20.4. The molecule has 0 aromatic heterocycles. The van der Waals surface area contributed by atoms with Crippen molar-refractivity contribution in [3.05, 3.63) is 52.3 Å². The van der Waals surface area contributed by atoms with Crippen LogP contribution in [0.5, 0.6) is 5.75 Å². The normalized spacial score (nSPS) is 10.0. The third kappa shape index (κ3) is 6.73. The molecule has 0 atom stereocenters. The minimum Gasteiger partial charge on any atom is -0.493 e. The van der Waals surface area contributed by atoms with Crippen molar-refractivity contribution in [1.82, 2.24) is 0 Å². The highest BCUT2D eigenvalue weighted by Crippen LogP contribution is 2.33. The molecule has 0 aliphatic heterocycles. The average molecular weight is 397 g/mol. The second kappa shape index (κ2) is 11.4. The standard InChI is InChI=1S/C18H20ClFN2O3.C2H6/c1-11-4-5-14(13(19)8-11)22-15-9-12(20)10-16(17(15)18(21)24)25-7-3-2-6-23;1-2/h4-5,8-10,22-23H,2-3,6-7H2,1H3,(H2,21,24);1-2H3. The summed E-state index contributed by atoms with van der Waals surface area (Å²) in [5.74, 6) is -1.27. The highest BCUT2D eigenvalue weighted by atomic mass is 35.5. The first kappa shape index (κ1) is 22.7. The maximum atomic E-state index is 14.0. The summed E-state index contributed by atoms with van der Waals surface area (Å²) in [7, 11) is 0. The van der Waals surface area contributed by atoms with Gasteiger partial charge in [-0.1, -0.05) is 31.5 Å². The van der Waals surface area contributed by atoms with E-state index in [0.29, 0.717) is 23.6 Å². The molecule has 0 saturated carbocycles. The van der Waals surface area contributed by atoms with E-state index in [9.17, 15) is 9.18 Å². The summed E-state index contributed by atoms with van der Waals surface area (Å²) in [6.07, 6.45) is 1.11. The summed E-state index contributed by atoms with van der Waals surface area (Å²) in [4.78, 5) is 11.9. The Morgan fingerprint density at radius 3 is 2.52 bits per heavy atom. The molecule has 0 radical (unpaired) electrons. The molecule has 2 rings (SSSR count). The molecular weight excluding hydrogens is 371 g/mol. The Morgan fingerprint density at radius 2 is 1.93 bits per heavy atom. The molecule has 0 saturated heterocycles. The summed E-state index contributed by atoms with van der Waals surface area (Å²) in [6.45, 7) is 6.16. The number of anilines is 2. The molecule has 2 aromatic carbocycles. The third-order valence-electron chi connectivity index (χ3n) is 3.52. The molecule has 0 unspecified atom stereocenters. The van der Waals surface area contributed by atoms with Gasteiger partial charge in [0.15, 0.2) is 0 Å². The quantitative estimate of drug-likeness (QED) is 0.559. The number of amides is 1. The van der Waals surface area contributed by atoms with Gasteiger partial charge in [-0.05, 0) is 43.5 Å². The van der Waals surface area contributed by atoms with Crippen LogP contribution in [0.25, 0.3) is 0 Å². The number of aryl methyl sites for hydroxylation is 1. The first-order valence-corrected chi connectivity index (χ1v) is 9.20. The van der Waals surface area contributed by atoms with E-state index in [1.54, 1.807) is 12.1 Å². The molecule has 0 heterocycles. The van der Waals surface area contributed by atoms with Crippen molar-refractivity contribution in [2.75, 3.05) is 18.5 Å². The number of aliphatic hydroxyl groups excluding tert-OH is 1. The van der Waals surface area contributed by atoms with E-state index in [-0.39, 0.29) is 30.2 Å². The third-order valence-corrected chi connectivity index (χ3v) is 3.83. The zero-order valence-electron chi connectivity index (χ0n) is 15.8. The van der Waals surface area contributed by atoms with Crippen LogP contribution in [-0.2, 0) is 0 Å². The molecule has 5 nitrogen and oxygen atoms in total. The van der Waals surface area contributed by atoms with E-state index in [1.807, 2.05) is 26.8 Å². The number of rotatable bonds is 8. The van der Waals surface area contributed by atoms with Gasteiger partial charge in [-0.3, -0.25) is 4.79 Å². The van der Waals surface area contributed by atoms with Crippen LogP contribution in [0.15, 0.2) is 30.3 Å². The number of unbranched alkanes of at least 4 members (excludes halogenated alkanes) is 1. The first-order chi connectivity index (χ1) is 12.9. The fourth-order valence-corrected chi connectivity index (χ4v) is 2.59. The van der Waals surface area contributed by atoms with Crippen molar-refractivity contribution in [2.24, 2.45) is 5.73 Å². The fraction of sp³-hybridized carbons (Fsp3) is 0.350. The van der Waals surface area contributed by atoms with Crippen LogP contribution in [-0.4, -0.2) is 24.2 Å². The van der Waals surface area contributed by atoms with E-state index in [0.717, 1.165) is 17.7 Å². The fourth-order valence-electron chi connectivity index (χ4n) is 2.31. The summed E-state index contributed by atoms with van der Waals surface area (Å²) in [5.41, 5.74) is 7.17. The molecule has 27 heavy (non-hydrogen) atoms. The van der Waals surface area contributed by atoms with Crippen molar-refractivity contribution >= 4 is 28.9 Å². The number of primary amides is 1. The van der Waals surface area contributed by atoms with Crippen LogP contribution in [0.1, 0.15) is 42.6 Å². The van der Waals surface area contributed by atoms with Gasteiger partial charge in [0.2, 0.25) is 0 Å². The first-order valence-electron chi connectivity index (χ1n) is 8.82. The van der Waals surface area contributed by atoms with Gasteiger partial charge in [0, 0.05) is 12.7 Å². The molecule has 4 N–H and O–H groups in total. The number of hydrogen-bond acceptors (Lipinski definition) is 4. The lowest BCUT2D eigenvalue weighted by atomic mass is 10.1. The minimum atomic E-state index is -0.747. The Labute approximate surface area is 164 Å². The maximum absolute atomic E-state index is 14.0. The lowest BCUT2D eigenvalue weighted by molar-refractivity contribution is 0.0997. The Bertz CT molecular complexity index is 769. The van der Waals surface area contributed by atoms with Crippen molar-refractivity contribution in [3.63, 3.8) is 0 Å². The van der Waals surface area contributed by atoms with Crippen molar-refractivity contribution in [1.29, 1.82) is 0 Å². The van der Waals surface area contributed by atoms with Gasteiger partial charge in [-0.25, -0.2) is 4.39 Å². The number of hydrogen-bond donors (Lipinski definition) is 3. The number of nitrogens with two attached hydrogens (primary N) is 1. The summed E-state index contributed by atoms with van der Waals surface area (Å²) in [6, 6.07) is 7.59. The number of benzene rings is 2. The molecule has 0 fully saturated rings. The minimum absolute atomic E-state index is 0.0356. The summed E-state index contributed by atoms with van der Waals surface area (Å²) < 4.78 is 19.5. The van der Waals surface area contributed by atoms with Gasteiger partial charge in [0.1, 0.15) is 17.1 Å². The van der Waals surface area contributed by atoms with Crippen LogP contribution >= 0.6 is 11.6 Å². The van der Waals surface area contributed by atoms with E-state index >= 15 is 0 Å². The van der Waals surface area contributed by atoms with Gasteiger partial charge in [0.25, 0.3) is 5.91 Å². The molecule has 0 aliphatic carbocycles. The molecule has 0 spiro atoms. The van der Waals surface area contributed by atoms with Gasteiger partial charge >= 0.3 is 0 Å². The Kier molecular flexibility index (Phi) is 9.61. The highest BCUT2D eigenvalue weighted by Gasteiger charge is 2.18. The molecule has 0 aliphatic rings. The van der Waals surface area contributed by atoms with Crippen molar-refractivity contribution in [3.8, 4) is 5.75 Å². The van der Waals surface area contributed by atoms with Crippen LogP contribution in [0, 0.1) is 12.7 Å². The number of nitrogens with one attached hydrogen (secondary N) is 1. The SMILES string of the molecule is CC.Cc1ccc(Nc2cc(F)cc(OCCCCO)c2C(N)=O)c(Cl)c1. The maximum Gasteiger partial charge on any atom is 0.254 e. The number of carbonyl (C=O) groups excluding carboxylic acids is 1. The van der Waals surface area contributed by atoms with E-state index < -0.39 is 11.7 Å². The van der Waals surface area contributed by atoms with Crippen molar-refractivity contribution in [2.45, 2.75) is 33.6 Å². The number of halogens is 2. The average Bonchev–Trinajstić information content (AvgIpc) is 2.62. The Hall–Kier alpha value is -2.31. The predicted molar refractivity (Wildman–Crippen MR) is 108 cm³/mol. The van der Waals surface area contributed by atoms with E-state index in [1.165, 1.54) is 0 Å². The van der Waals surface area contributed by atoms with E-state index in [4.69, 9.17) is 27.2 Å². The van der Waals surface area contributed by atoms with Crippen LogP contribution in [0.2, 0.25) is 5.02 Å². The van der Waals surface area contributed by atoms with Gasteiger partial charge in [-0.15, -0.1) is 0 Å².